The van der Waals surface area contributed by atoms with Crippen molar-refractivity contribution in [1.82, 2.24) is 0 Å². The van der Waals surface area contributed by atoms with Gasteiger partial charge in [-0.15, -0.1) is 0 Å². The molecule has 1 heterocycles. The monoisotopic (exact) mass is 332 g/mol. The maximum Gasteiger partial charge on any atom is 0.334 e. The number of ether oxygens (including phenoxy) is 1. The minimum absolute atomic E-state index is 0.252. The van der Waals surface area contributed by atoms with Crippen molar-refractivity contribution in [2.45, 2.75) is 72.0 Å². The number of carbonyl (C=O) groups excluding carboxylic acids is 1. The van der Waals surface area contributed by atoms with Crippen LogP contribution >= 0.6 is 0 Å². The molecule has 4 nitrogen and oxygen atoms in total. The number of hydrogen-bond donors (Lipinski definition) is 1. The van der Waals surface area contributed by atoms with Gasteiger partial charge >= 0.3 is 5.97 Å². The highest BCUT2D eigenvalue weighted by Gasteiger charge is 2.62. The van der Waals surface area contributed by atoms with E-state index in [0.29, 0.717) is 18.4 Å². The molecule has 0 bridgehead atoms. The molecule has 0 saturated heterocycles. The highest BCUT2D eigenvalue weighted by Crippen LogP contribution is 2.61. The van der Waals surface area contributed by atoms with Gasteiger partial charge in [-0.2, -0.15) is 0 Å². The van der Waals surface area contributed by atoms with E-state index >= 15 is 0 Å². The predicted octanol–water partition coefficient (Wildman–Crippen LogP) is 4.25. The van der Waals surface area contributed by atoms with E-state index in [0.717, 1.165) is 29.7 Å². The molecule has 1 N–H and O–H groups in total. The Balaban J connectivity index is 2.13. The summed E-state index contributed by atoms with van der Waals surface area (Å²) in [6.07, 6.45) is 6.20. The highest BCUT2D eigenvalue weighted by molar-refractivity contribution is 5.87. The quantitative estimate of drug-likeness (QED) is 0.649. The number of allylic oxidation sites excluding steroid dienone is 1. The van der Waals surface area contributed by atoms with Gasteiger partial charge in [0.1, 0.15) is 11.9 Å². The van der Waals surface area contributed by atoms with Gasteiger partial charge in [0, 0.05) is 23.0 Å². The van der Waals surface area contributed by atoms with Crippen molar-refractivity contribution >= 4 is 5.97 Å². The normalized spacial score (nSPS) is 36.0. The Morgan fingerprint density at radius 3 is 2.88 bits per heavy atom. The van der Waals surface area contributed by atoms with Crippen LogP contribution in [0.4, 0.5) is 0 Å². The van der Waals surface area contributed by atoms with Crippen molar-refractivity contribution in [3.8, 4) is 0 Å². The first-order valence-corrected chi connectivity index (χ1v) is 8.87. The predicted molar refractivity (Wildman–Crippen MR) is 91.5 cm³/mol. The number of aliphatic hydroxyl groups is 1. The van der Waals surface area contributed by atoms with E-state index in [1.807, 2.05) is 13.8 Å². The third kappa shape index (κ3) is 2.26. The molecule has 2 aliphatic carbocycles. The van der Waals surface area contributed by atoms with Gasteiger partial charge in [-0.1, -0.05) is 26.3 Å². The molecule has 2 aliphatic rings. The average Bonchev–Trinajstić information content (AvgIpc) is 2.89. The van der Waals surface area contributed by atoms with E-state index in [-0.39, 0.29) is 11.9 Å². The zero-order chi connectivity index (χ0) is 17.7. The van der Waals surface area contributed by atoms with Crippen molar-refractivity contribution in [2.75, 3.05) is 0 Å². The fourth-order valence-electron chi connectivity index (χ4n) is 4.57. The van der Waals surface area contributed by atoms with Crippen LogP contribution in [-0.2, 0) is 16.0 Å². The summed E-state index contributed by atoms with van der Waals surface area (Å²) in [5.74, 6) is 0.692. The summed E-state index contributed by atoms with van der Waals surface area (Å²) in [6.45, 7) is 9.80. The fourth-order valence-corrected chi connectivity index (χ4v) is 4.57. The molecule has 3 rings (SSSR count). The first-order valence-electron chi connectivity index (χ1n) is 8.87. The number of furan rings is 1. The highest BCUT2D eigenvalue weighted by atomic mass is 16.5. The maximum atomic E-state index is 12.5. The second-order valence-corrected chi connectivity index (χ2v) is 7.80. The van der Waals surface area contributed by atoms with Gasteiger partial charge in [0.2, 0.25) is 0 Å². The van der Waals surface area contributed by atoms with Crippen LogP contribution in [0.15, 0.2) is 22.3 Å². The Morgan fingerprint density at radius 1 is 1.50 bits per heavy atom. The van der Waals surface area contributed by atoms with Gasteiger partial charge in [0.05, 0.1) is 11.9 Å². The van der Waals surface area contributed by atoms with Gasteiger partial charge in [-0.25, -0.2) is 4.79 Å². The molecule has 0 aromatic carbocycles. The van der Waals surface area contributed by atoms with Crippen LogP contribution in [0.2, 0.25) is 0 Å². The molecule has 4 atom stereocenters. The van der Waals surface area contributed by atoms with Crippen LogP contribution in [0.25, 0.3) is 0 Å². The Bertz CT molecular complexity index is 686. The van der Waals surface area contributed by atoms with E-state index in [9.17, 15) is 9.90 Å². The van der Waals surface area contributed by atoms with Crippen LogP contribution in [0.3, 0.4) is 0 Å². The molecule has 0 spiro atoms. The van der Waals surface area contributed by atoms with Gasteiger partial charge < -0.3 is 14.3 Å². The molecule has 0 unspecified atom stereocenters. The van der Waals surface area contributed by atoms with Crippen molar-refractivity contribution < 1.29 is 19.1 Å². The number of hydrogen-bond acceptors (Lipinski definition) is 4. The zero-order valence-electron chi connectivity index (χ0n) is 15.3. The maximum absolute atomic E-state index is 12.5. The van der Waals surface area contributed by atoms with Crippen molar-refractivity contribution in [2.24, 2.45) is 11.3 Å². The van der Waals surface area contributed by atoms with E-state index in [1.54, 1.807) is 19.3 Å². The summed E-state index contributed by atoms with van der Waals surface area (Å²) in [5.41, 5.74) is 1.10. The lowest BCUT2D eigenvalue weighted by Gasteiger charge is -2.57. The first kappa shape index (κ1) is 17.3. The first-order chi connectivity index (χ1) is 11.2. The molecule has 0 aliphatic heterocycles. The summed E-state index contributed by atoms with van der Waals surface area (Å²) >= 11 is 0. The number of rotatable bonds is 2. The SMILES string of the molecule is C/C=C(\C)C(=O)O[C@@H]1c2c(C)coc2C[C@@]2(O)CCC[C@H](C)[C@@]12C. The molecule has 0 amide bonds. The summed E-state index contributed by atoms with van der Waals surface area (Å²) < 4.78 is 11.7. The molecule has 1 saturated carbocycles. The third-order valence-corrected chi connectivity index (χ3v) is 6.60. The van der Waals surface area contributed by atoms with Gasteiger partial charge in [-0.05, 0) is 45.1 Å². The lowest BCUT2D eigenvalue weighted by molar-refractivity contribution is -0.210. The zero-order valence-corrected chi connectivity index (χ0v) is 15.3. The summed E-state index contributed by atoms with van der Waals surface area (Å²) in [5, 5.41) is 11.5. The molecule has 1 aromatic rings. The summed E-state index contributed by atoms with van der Waals surface area (Å²) in [7, 11) is 0. The summed E-state index contributed by atoms with van der Waals surface area (Å²) in [6, 6.07) is 0. The van der Waals surface area contributed by atoms with Gasteiger partial charge in [-0.3, -0.25) is 0 Å². The van der Waals surface area contributed by atoms with Crippen molar-refractivity contribution in [3.63, 3.8) is 0 Å². The minimum Gasteiger partial charge on any atom is -0.469 e. The number of carbonyl (C=O) groups is 1. The largest absolute Gasteiger partial charge is 0.469 e. The lowest BCUT2D eigenvalue weighted by Crippen LogP contribution is -2.60. The van der Waals surface area contributed by atoms with E-state index in [1.165, 1.54) is 0 Å². The number of fused-ring (bicyclic) bond motifs is 2. The van der Waals surface area contributed by atoms with Gasteiger partial charge in [0.15, 0.2) is 0 Å². The Labute approximate surface area is 143 Å². The average molecular weight is 332 g/mol. The van der Waals surface area contributed by atoms with Crippen LogP contribution in [0.5, 0.6) is 0 Å². The Hall–Kier alpha value is -1.55. The van der Waals surface area contributed by atoms with Crippen molar-refractivity contribution in [1.29, 1.82) is 0 Å². The number of aryl methyl sites for hydroxylation is 1. The molecule has 4 heteroatoms. The number of esters is 1. The molecular formula is C20H28O4. The second kappa shape index (κ2) is 5.76. The van der Waals surface area contributed by atoms with Crippen LogP contribution in [0, 0.1) is 18.3 Å². The van der Waals surface area contributed by atoms with Crippen LogP contribution in [-0.4, -0.2) is 16.7 Å². The van der Waals surface area contributed by atoms with E-state index in [2.05, 4.69) is 13.8 Å². The minimum atomic E-state index is -0.906. The molecule has 1 aromatic heterocycles. The molecule has 24 heavy (non-hydrogen) atoms. The van der Waals surface area contributed by atoms with Gasteiger partial charge in [0.25, 0.3) is 0 Å². The Kier molecular flexibility index (Phi) is 4.15. The summed E-state index contributed by atoms with van der Waals surface area (Å²) in [4.78, 5) is 12.5. The van der Waals surface area contributed by atoms with Crippen LogP contribution in [0.1, 0.15) is 69.9 Å². The Morgan fingerprint density at radius 2 is 2.21 bits per heavy atom. The second-order valence-electron chi connectivity index (χ2n) is 7.80. The topological polar surface area (TPSA) is 59.7 Å². The van der Waals surface area contributed by atoms with E-state index < -0.39 is 17.1 Å². The molecular weight excluding hydrogens is 304 g/mol. The smallest absolute Gasteiger partial charge is 0.334 e. The standard InChI is InChI=1S/C20H28O4/c1-6-12(2)18(21)24-17-16-13(3)11-23-15(16)10-20(22)9-7-8-14(4)19(17,20)5/h6,11,14,17,22H,7-10H2,1-5H3/b12-6+/t14-,17+,19-,20-/m0/s1. The van der Waals surface area contributed by atoms with E-state index in [4.69, 9.17) is 9.15 Å². The molecule has 1 fully saturated rings. The molecule has 0 radical (unpaired) electrons. The lowest BCUT2D eigenvalue weighted by atomic mass is 9.51. The third-order valence-electron chi connectivity index (χ3n) is 6.60. The fraction of sp³-hybridized carbons (Fsp3) is 0.650. The molecule has 132 valence electrons. The van der Waals surface area contributed by atoms with Crippen LogP contribution < -0.4 is 0 Å². The van der Waals surface area contributed by atoms with Crippen molar-refractivity contribution in [3.05, 3.63) is 34.8 Å².